The Bertz CT molecular complexity index is 208. The van der Waals surface area contributed by atoms with Crippen molar-refractivity contribution in [1.82, 2.24) is 9.78 Å². The lowest BCUT2D eigenvalue weighted by Gasteiger charge is -1.95. The number of alkyl halides is 2. The van der Waals surface area contributed by atoms with Gasteiger partial charge in [0.15, 0.2) is 0 Å². The number of hydrogen-bond acceptors (Lipinski definition) is 2. The first kappa shape index (κ1) is 7.14. The first-order valence-corrected chi connectivity index (χ1v) is 2.76. The van der Waals surface area contributed by atoms with Crippen LogP contribution >= 0.6 is 0 Å². The molecule has 0 saturated heterocycles. The summed E-state index contributed by atoms with van der Waals surface area (Å²) in [6.07, 6.45) is 1.20. The zero-order valence-electron chi connectivity index (χ0n) is 5.17. The van der Waals surface area contributed by atoms with Crippen LogP contribution in [0.25, 0.3) is 0 Å². The van der Waals surface area contributed by atoms with Crippen LogP contribution in [-0.4, -0.2) is 9.78 Å². The minimum atomic E-state index is -2.57. The number of nitrogens with two attached hydrogens (primary N) is 1. The Hall–Kier alpha value is -0.970. The maximum atomic E-state index is 11.8. The SMILES string of the molecule is NCc1ccn(C(F)F)n1. The van der Waals surface area contributed by atoms with E-state index in [0.717, 1.165) is 0 Å². The molecule has 0 aliphatic rings. The molecule has 0 saturated carbocycles. The molecule has 0 amide bonds. The van der Waals surface area contributed by atoms with Gasteiger partial charge in [0, 0.05) is 12.7 Å². The van der Waals surface area contributed by atoms with Crippen molar-refractivity contribution in [3.05, 3.63) is 18.0 Å². The van der Waals surface area contributed by atoms with Crippen LogP contribution in [0.4, 0.5) is 8.78 Å². The van der Waals surface area contributed by atoms with Crippen LogP contribution in [0.15, 0.2) is 12.3 Å². The summed E-state index contributed by atoms with van der Waals surface area (Å²) < 4.78 is 24.1. The second-order valence-corrected chi connectivity index (χ2v) is 1.77. The third-order valence-corrected chi connectivity index (χ3v) is 1.07. The molecular formula is C5H7F2N3. The molecule has 1 aromatic rings. The van der Waals surface area contributed by atoms with Gasteiger partial charge in [-0.25, -0.2) is 4.68 Å². The van der Waals surface area contributed by atoms with Crippen LogP contribution in [0, 0.1) is 0 Å². The van der Waals surface area contributed by atoms with Crippen LogP contribution in [0.1, 0.15) is 12.2 Å². The lowest BCUT2D eigenvalue weighted by Crippen LogP contribution is -2.02. The highest BCUT2D eigenvalue weighted by Crippen LogP contribution is 2.07. The predicted molar refractivity (Wildman–Crippen MR) is 31.4 cm³/mol. The molecule has 1 rings (SSSR count). The second-order valence-electron chi connectivity index (χ2n) is 1.77. The summed E-state index contributed by atoms with van der Waals surface area (Å²) in [5.41, 5.74) is 5.62. The lowest BCUT2D eigenvalue weighted by atomic mass is 10.4. The van der Waals surface area contributed by atoms with E-state index in [1.54, 1.807) is 0 Å². The number of aromatic nitrogens is 2. The third-order valence-electron chi connectivity index (χ3n) is 1.07. The summed E-state index contributed by atoms with van der Waals surface area (Å²) in [4.78, 5) is 0. The van der Waals surface area contributed by atoms with Crippen molar-refractivity contribution in [3.8, 4) is 0 Å². The van der Waals surface area contributed by atoms with Gasteiger partial charge in [-0.1, -0.05) is 0 Å². The van der Waals surface area contributed by atoms with Gasteiger partial charge in [0.2, 0.25) is 0 Å². The Morgan fingerprint density at radius 1 is 1.70 bits per heavy atom. The van der Waals surface area contributed by atoms with Crippen molar-refractivity contribution in [2.24, 2.45) is 5.73 Å². The standard InChI is InChI=1S/C5H7F2N3/c6-5(7)10-2-1-4(3-8)9-10/h1-2,5H,3,8H2. The molecule has 5 heteroatoms. The van der Waals surface area contributed by atoms with E-state index in [1.165, 1.54) is 12.3 Å². The molecule has 0 spiro atoms. The molecule has 0 aromatic carbocycles. The molecule has 0 aliphatic carbocycles. The molecule has 0 unspecified atom stereocenters. The van der Waals surface area contributed by atoms with E-state index >= 15 is 0 Å². The Labute approximate surface area is 56.4 Å². The Morgan fingerprint density at radius 2 is 2.40 bits per heavy atom. The molecule has 10 heavy (non-hydrogen) atoms. The van der Waals surface area contributed by atoms with Crippen molar-refractivity contribution < 1.29 is 8.78 Å². The van der Waals surface area contributed by atoms with E-state index in [9.17, 15) is 8.78 Å². The van der Waals surface area contributed by atoms with Crippen LogP contribution in [0.3, 0.4) is 0 Å². The Morgan fingerprint density at radius 3 is 2.70 bits per heavy atom. The molecule has 0 fully saturated rings. The predicted octanol–water partition coefficient (Wildman–Crippen LogP) is 0.737. The van der Waals surface area contributed by atoms with Gasteiger partial charge < -0.3 is 5.73 Å². The van der Waals surface area contributed by atoms with Gasteiger partial charge in [0.05, 0.1) is 5.69 Å². The molecule has 0 aliphatic heterocycles. The van der Waals surface area contributed by atoms with Crippen molar-refractivity contribution >= 4 is 0 Å². The molecule has 0 atom stereocenters. The van der Waals surface area contributed by atoms with E-state index in [0.29, 0.717) is 10.4 Å². The number of nitrogens with zero attached hydrogens (tertiary/aromatic N) is 2. The minimum Gasteiger partial charge on any atom is -0.325 e. The first-order valence-electron chi connectivity index (χ1n) is 2.76. The molecule has 2 N–H and O–H groups in total. The van der Waals surface area contributed by atoms with Gasteiger partial charge >= 0.3 is 6.55 Å². The van der Waals surface area contributed by atoms with Crippen molar-refractivity contribution in [3.63, 3.8) is 0 Å². The fourth-order valence-electron chi connectivity index (χ4n) is 0.595. The van der Waals surface area contributed by atoms with Crippen LogP contribution in [-0.2, 0) is 6.54 Å². The van der Waals surface area contributed by atoms with Crippen molar-refractivity contribution in [1.29, 1.82) is 0 Å². The quantitative estimate of drug-likeness (QED) is 0.670. The fraction of sp³-hybridized carbons (Fsp3) is 0.400. The van der Waals surface area contributed by atoms with E-state index in [4.69, 9.17) is 5.73 Å². The maximum absolute atomic E-state index is 11.8. The van der Waals surface area contributed by atoms with Crippen LogP contribution in [0.5, 0.6) is 0 Å². The molecule has 0 bridgehead atoms. The van der Waals surface area contributed by atoms with Crippen molar-refractivity contribution in [2.45, 2.75) is 13.1 Å². The fourth-order valence-corrected chi connectivity index (χ4v) is 0.595. The molecule has 1 aromatic heterocycles. The number of rotatable bonds is 2. The van der Waals surface area contributed by atoms with Gasteiger partial charge in [-0.05, 0) is 6.07 Å². The van der Waals surface area contributed by atoms with Crippen LogP contribution in [0.2, 0.25) is 0 Å². The highest BCUT2D eigenvalue weighted by Gasteiger charge is 2.05. The zero-order chi connectivity index (χ0) is 7.56. The highest BCUT2D eigenvalue weighted by atomic mass is 19.3. The first-order chi connectivity index (χ1) is 4.74. The van der Waals surface area contributed by atoms with Gasteiger partial charge in [-0.2, -0.15) is 13.9 Å². The average Bonchev–Trinajstić information content (AvgIpc) is 2.34. The van der Waals surface area contributed by atoms with E-state index in [-0.39, 0.29) is 6.54 Å². The van der Waals surface area contributed by atoms with E-state index < -0.39 is 6.55 Å². The minimum absolute atomic E-state index is 0.194. The van der Waals surface area contributed by atoms with Crippen molar-refractivity contribution in [2.75, 3.05) is 0 Å². The monoisotopic (exact) mass is 147 g/mol. The van der Waals surface area contributed by atoms with Gasteiger partial charge in [0.1, 0.15) is 0 Å². The maximum Gasteiger partial charge on any atom is 0.333 e. The Kier molecular flexibility index (Phi) is 1.96. The summed E-state index contributed by atoms with van der Waals surface area (Å²) in [5.74, 6) is 0. The Balaban J connectivity index is 2.78. The molecule has 1 heterocycles. The largest absolute Gasteiger partial charge is 0.333 e. The summed E-state index contributed by atoms with van der Waals surface area (Å²) in [5, 5.41) is 3.47. The van der Waals surface area contributed by atoms with E-state index in [1.807, 2.05) is 0 Å². The molecular weight excluding hydrogens is 140 g/mol. The third kappa shape index (κ3) is 1.30. The second kappa shape index (κ2) is 2.74. The summed E-state index contributed by atoms with van der Waals surface area (Å²) in [7, 11) is 0. The smallest absolute Gasteiger partial charge is 0.325 e. The van der Waals surface area contributed by atoms with Gasteiger partial charge in [-0.15, -0.1) is 0 Å². The van der Waals surface area contributed by atoms with Gasteiger partial charge in [0.25, 0.3) is 0 Å². The van der Waals surface area contributed by atoms with E-state index in [2.05, 4.69) is 5.10 Å². The average molecular weight is 147 g/mol. The molecule has 3 nitrogen and oxygen atoms in total. The lowest BCUT2D eigenvalue weighted by molar-refractivity contribution is 0.0562. The molecule has 0 radical (unpaired) electrons. The summed E-state index contributed by atoms with van der Waals surface area (Å²) in [6, 6.07) is 1.46. The topological polar surface area (TPSA) is 43.8 Å². The summed E-state index contributed by atoms with van der Waals surface area (Å²) >= 11 is 0. The zero-order valence-corrected chi connectivity index (χ0v) is 5.17. The highest BCUT2D eigenvalue weighted by molar-refractivity contribution is 4.97. The van der Waals surface area contributed by atoms with Crippen LogP contribution < -0.4 is 5.73 Å². The number of hydrogen-bond donors (Lipinski definition) is 1. The normalized spacial score (nSPS) is 10.8. The molecule has 56 valence electrons. The van der Waals surface area contributed by atoms with Gasteiger partial charge in [-0.3, -0.25) is 0 Å². The number of halogens is 2. The summed E-state index contributed by atoms with van der Waals surface area (Å²) in [6.45, 7) is -2.38.